The van der Waals surface area contributed by atoms with Gasteiger partial charge in [-0.3, -0.25) is 5.32 Å². The first-order chi connectivity index (χ1) is 7.96. The highest BCUT2D eigenvalue weighted by atomic mass is 35.5. The first kappa shape index (κ1) is 16.2. The summed E-state index contributed by atoms with van der Waals surface area (Å²) in [5.41, 5.74) is 0.302. The molecule has 2 atom stereocenters. The Hall–Kier alpha value is 0.170. The van der Waals surface area contributed by atoms with Crippen LogP contribution in [0.4, 0.5) is 0 Å². The molecule has 2 rings (SSSR count). The number of nitrogens with zero attached hydrogens (tertiary/aromatic N) is 1. The van der Waals surface area contributed by atoms with Crippen molar-refractivity contribution in [2.24, 2.45) is 11.3 Å². The molecule has 2 heterocycles. The molecule has 2 aliphatic rings. The van der Waals surface area contributed by atoms with Crippen LogP contribution in [-0.4, -0.2) is 43.4 Å². The van der Waals surface area contributed by atoms with Gasteiger partial charge < -0.3 is 9.64 Å². The van der Waals surface area contributed by atoms with E-state index in [2.05, 4.69) is 37.9 Å². The predicted octanol–water partition coefficient (Wildman–Crippen LogP) is 2.50. The molecule has 0 spiro atoms. The molecule has 1 N–H and O–H groups in total. The molecule has 0 aromatic carbocycles. The number of hydrogen-bond acceptors (Lipinski definition) is 3. The van der Waals surface area contributed by atoms with Crippen LogP contribution in [0.5, 0.6) is 0 Å². The molecule has 4 heteroatoms. The number of halogens is 1. The van der Waals surface area contributed by atoms with Gasteiger partial charge in [-0.05, 0) is 39.2 Å². The van der Waals surface area contributed by atoms with Crippen LogP contribution in [0.25, 0.3) is 0 Å². The van der Waals surface area contributed by atoms with E-state index >= 15 is 0 Å². The van der Waals surface area contributed by atoms with Crippen molar-refractivity contribution in [3.63, 3.8) is 0 Å². The number of likely N-dealkylation sites (tertiary alicyclic amines) is 1. The Labute approximate surface area is 118 Å². The van der Waals surface area contributed by atoms with Gasteiger partial charge in [-0.25, -0.2) is 0 Å². The normalized spacial score (nSPS) is 32.5. The van der Waals surface area contributed by atoms with Gasteiger partial charge in [0.25, 0.3) is 0 Å². The van der Waals surface area contributed by atoms with Crippen molar-refractivity contribution in [3.8, 4) is 0 Å². The van der Waals surface area contributed by atoms with Crippen LogP contribution in [0.15, 0.2) is 0 Å². The topological polar surface area (TPSA) is 24.5 Å². The van der Waals surface area contributed by atoms with Crippen LogP contribution < -0.4 is 5.32 Å². The molecule has 2 aliphatic heterocycles. The number of rotatable bonds is 3. The summed E-state index contributed by atoms with van der Waals surface area (Å²) in [4.78, 5) is 2.58. The smallest absolute Gasteiger partial charge is 0.108 e. The zero-order valence-electron chi connectivity index (χ0n) is 12.2. The highest BCUT2D eigenvalue weighted by Crippen LogP contribution is 2.26. The third kappa shape index (κ3) is 4.37. The lowest BCUT2D eigenvalue weighted by atomic mass is 9.92. The lowest BCUT2D eigenvalue weighted by molar-refractivity contribution is -0.0667. The van der Waals surface area contributed by atoms with E-state index in [1.54, 1.807) is 0 Å². The van der Waals surface area contributed by atoms with E-state index in [1.807, 2.05) is 0 Å². The molecular formula is C14H29ClN2O. The Morgan fingerprint density at radius 3 is 2.61 bits per heavy atom. The molecule has 0 bridgehead atoms. The fraction of sp³-hybridized carbons (Fsp3) is 1.00. The van der Waals surface area contributed by atoms with E-state index in [0.717, 1.165) is 19.1 Å². The summed E-state index contributed by atoms with van der Waals surface area (Å²) in [6.07, 6.45) is 2.81. The first-order valence-electron chi connectivity index (χ1n) is 7.05. The van der Waals surface area contributed by atoms with E-state index < -0.39 is 0 Å². The number of ether oxygens (including phenoxy) is 1. The maximum atomic E-state index is 5.92. The van der Waals surface area contributed by atoms with Gasteiger partial charge in [0.05, 0.1) is 6.61 Å². The van der Waals surface area contributed by atoms with E-state index in [9.17, 15) is 0 Å². The van der Waals surface area contributed by atoms with Gasteiger partial charge >= 0.3 is 0 Å². The summed E-state index contributed by atoms with van der Waals surface area (Å²) in [6, 6.07) is 0.694. The molecule has 2 unspecified atom stereocenters. The average molecular weight is 277 g/mol. The van der Waals surface area contributed by atoms with Crippen molar-refractivity contribution in [1.29, 1.82) is 0 Å². The summed E-state index contributed by atoms with van der Waals surface area (Å²) in [5.74, 6) is 0.816. The highest BCUT2D eigenvalue weighted by molar-refractivity contribution is 5.85. The number of hydrogen-bond donors (Lipinski definition) is 1. The minimum Gasteiger partial charge on any atom is -0.363 e. The van der Waals surface area contributed by atoms with Crippen molar-refractivity contribution >= 4 is 12.4 Å². The molecule has 18 heavy (non-hydrogen) atoms. The fourth-order valence-corrected chi connectivity index (χ4v) is 2.80. The predicted molar refractivity (Wildman–Crippen MR) is 78.2 cm³/mol. The average Bonchev–Trinajstić information content (AvgIpc) is 2.70. The standard InChI is InChI=1S/C14H28N2O.ClH/c1-11(2)16-6-5-12(8-16)7-13-15-9-14(3,4)10-17-13;/h11-13,15H,5-10H2,1-4H3;1H. The molecule has 2 fully saturated rings. The minimum absolute atomic E-state index is 0. The molecule has 0 aromatic rings. The van der Waals surface area contributed by atoms with Crippen molar-refractivity contribution in [2.45, 2.75) is 52.8 Å². The zero-order valence-corrected chi connectivity index (χ0v) is 13.1. The second kappa shape index (κ2) is 6.56. The Balaban J connectivity index is 0.00000162. The van der Waals surface area contributed by atoms with Gasteiger partial charge in [0.2, 0.25) is 0 Å². The van der Waals surface area contributed by atoms with E-state index in [0.29, 0.717) is 17.7 Å². The molecule has 108 valence electrons. The molecule has 2 saturated heterocycles. The lowest BCUT2D eigenvalue weighted by Crippen LogP contribution is -2.48. The molecule has 0 aromatic heterocycles. The molecular weight excluding hydrogens is 248 g/mol. The van der Waals surface area contributed by atoms with Gasteiger partial charge in [-0.2, -0.15) is 0 Å². The van der Waals surface area contributed by atoms with Crippen LogP contribution in [0, 0.1) is 11.3 Å². The van der Waals surface area contributed by atoms with Crippen LogP contribution >= 0.6 is 12.4 Å². The third-order valence-electron chi connectivity index (χ3n) is 4.08. The monoisotopic (exact) mass is 276 g/mol. The zero-order chi connectivity index (χ0) is 12.5. The second-order valence-electron chi connectivity index (χ2n) is 6.82. The SMILES string of the molecule is CC(C)N1CCC(CC2NCC(C)(C)CO2)C1.Cl. The van der Waals surface area contributed by atoms with Crippen molar-refractivity contribution in [2.75, 3.05) is 26.2 Å². The largest absolute Gasteiger partial charge is 0.363 e. The summed E-state index contributed by atoms with van der Waals surface area (Å²) in [7, 11) is 0. The van der Waals surface area contributed by atoms with Crippen molar-refractivity contribution in [3.05, 3.63) is 0 Å². The Morgan fingerprint density at radius 2 is 2.11 bits per heavy atom. The molecule has 0 aliphatic carbocycles. The van der Waals surface area contributed by atoms with Crippen LogP contribution in [0.2, 0.25) is 0 Å². The van der Waals surface area contributed by atoms with Crippen LogP contribution in [0.3, 0.4) is 0 Å². The van der Waals surface area contributed by atoms with E-state index in [-0.39, 0.29) is 12.4 Å². The van der Waals surface area contributed by atoms with E-state index in [1.165, 1.54) is 25.9 Å². The number of nitrogens with one attached hydrogen (secondary N) is 1. The Bertz CT molecular complexity index is 248. The van der Waals surface area contributed by atoms with Gasteiger partial charge in [0, 0.05) is 24.5 Å². The first-order valence-corrected chi connectivity index (χ1v) is 7.05. The van der Waals surface area contributed by atoms with Crippen molar-refractivity contribution < 1.29 is 4.74 Å². The third-order valence-corrected chi connectivity index (χ3v) is 4.08. The minimum atomic E-state index is 0. The van der Waals surface area contributed by atoms with Crippen LogP contribution in [0.1, 0.15) is 40.5 Å². The quantitative estimate of drug-likeness (QED) is 0.857. The van der Waals surface area contributed by atoms with Crippen LogP contribution in [-0.2, 0) is 4.74 Å². The fourth-order valence-electron chi connectivity index (χ4n) is 2.80. The lowest BCUT2D eigenvalue weighted by Gasteiger charge is -2.36. The molecule has 0 saturated carbocycles. The summed E-state index contributed by atoms with van der Waals surface area (Å²) in [6.45, 7) is 13.6. The Kier molecular flexibility index (Phi) is 5.91. The van der Waals surface area contributed by atoms with Gasteiger partial charge in [-0.15, -0.1) is 12.4 Å². The summed E-state index contributed by atoms with van der Waals surface area (Å²) >= 11 is 0. The maximum absolute atomic E-state index is 5.92. The molecule has 0 radical (unpaired) electrons. The van der Waals surface area contributed by atoms with Crippen molar-refractivity contribution in [1.82, 2.24) is 10.2 Å². The highest BCUT2D eigenvalue weighted by Gasteiger charge is 2.31. The molecule has 3 nitrogen and oxygen atoms in total. The summed E-state index contributed by atoms with van der Waals surface area (Å²) in [5, 5.41) is 3.54. The van der Waals surface area contributed by atoms with Gasteiger partial charge in [0.1, 0.15) is 6.23 Å². The van der Waals surface area contributed by atoms with Gasteiger partial charge in [0.15, 0.2) is 0 Å². The Morgan fingerprint density at radius 1 is 1.39 bits per heavy atom. The molecule has 0 amide bonds. The summed E-state index contributed by atoms with van der Waals surface area (Å²) < 4.78 is 5.92. The van der Waals surface area contributed by atoms with E-state index in [4.69, 9.17) is 4.74 Å². The second-order valence-corrected chi connectivity index (χ2v) is 6.82. The maximum Gasteiger partial charge on any atom is 0.108 e. The van der Waals surface area contributed by atoms with Gasteiger partial charge in [-0.1, -0.05) is 13.8 Å².